The van der Waals surface area contributed by atoms with Gasteiger partial charge in [-0.25, -0.2) is 0 Å². The third-order valence-corrected chi connectivity index (χ3v) is 6.08. The lowest BCUT2D eigenvalue weighted by molar-refractivity contribution is -0.122. The first-order valence-electron chi connectivity index (χ1n) is 10.5. The van der Waals surface area contributed by atoms with Crippen molar-refractivity contribution in [2.45, 2.75) is 38.8 Å². The van der Waals surface area contributed by atoms with E-state index in [2.05, 4.69) is 48.3 Å². The summed E-state index contributed by atoms with van der Waals surface area (Å²) in [5.74, 6) is 0.523. The van der Waals surface area contributed by atoms with Crippen molar-refractivity contribution in [2.75, 3.05) is 31.1 Å². The van der Waals surface area contributed by atoms with E-state index in [0.717, 1.165) is 25.2 Å². The molecule has 0 spiro atoms. The Bertz CT molecular complexity index is 941. The van der Waals surface area contributed by atoms with Crippen LogP contribution in [0, 0.1) is 0 Å². The topological polar surface area (TPSA) is 61.9 Å². The zero-order valence-corrected chi connectivity index (χ0v) is 17.7. The van der Waals surface area contributed by atoms with Gasteiger partial charge in [0, 0.05) is 38.1 Å². The lowest BCUT2D eigenvalue weighted by atomic mass is 9.94. The number of rotatable bonds is 6. The van der Waals surface area contributed by atoms with Gasteiger partial charge in [0.05, 0.1) is 5.69 Å². The lowest BCUT2D eigenvalue weighted by Gasteiger charge is -2.41. The third-order valence-electron chi connectivity index (χ3n) is 6.08. The Hall–Kier alpha value is -2.86. The monoisotopic (exact) mass is 407 g/mol. The van der Waals surface area contributed by atoms with Gasteiger partial charge >= 0.3 is 0 Å². The number of benzene rings is 2. The molecule has 4 rings (SSSR count). The van der Waals surface area contributed by atoms with E-state index in [1.807, 2.05) is 24.3 Å². The molecule has 2 aliphatic heterocycles. The van der Waals surface area contributed by atoms with Crippen molar-refractivity contribution >= 4 is 17.5 Å². The average molecular weight is 408 g/mol. The van der Waals surface area contributed by atoms with Crippen LogP contribution in [0.2, 0.25) is 0 Å². The molecular formula is C24H29N3O3. The van der Waals surface area contributed by atoms with E-state index in [1.165, 1.54) is 11.1 Å². The Morgan fingerprint density at radius 3 is 2.67 bits per heavy atom. The summed E-state index contributed by atoms with van der Waals surface area (Å²) in [6.45, 7) is 7.16. The highest BCUT2D eigenvalue weighted by molar-refractivity contribution is 5.98. The number of ether oxygens (including phenoxy) is 1. The maximum atomic E-state index is 12.5. The summed E-state index contributed by atoms with van der Waals surface area (Å²) in [6, 6.07) is 16.0. The molecule has 2 aromatic rings. The van der Waals surface area contributed by atoms with Crippen LogP contribution in [-0.4, -0.2) is 48.5 Å². The normalized spacial score (nSPS) is 16.5. The molecule has 6 heteroatoms. The predicted octanol–water partition coefficient (Wildman–Crippen LogP) is 2.76. The number of nitrogens with one attached hydrogen (secondary N) is 1. The van der Waals surface area contributed by atoms with E-state index in [9.17, 15) is 9.59 Å². The number of carbonyl (C=O) groups is 2. The van der Waals surface area contributed by atoms with Crippen LogP contribution >= 0.6 is 0 Å². The van der Waals surface area contributed by atoms with Crippen LogP contribution in [0.25, 0.3) is 0 Å². The van der Waals surface area contributed by atoms with Gasteiger partial charge in [-0.1, -0.05) is 36.4 Å². The van der Waals surface area contributed by atoms with Crippen molar-refractivity contribution in [2.24, 2.45) is 0 Å². The molecule has 0 atom stereocenters. The Morgan fingerprint density at radius 2 is 1.83 bits per heavy atom. The van der Waals surface area contributed by atoms with Gasteiger partial charge in [-0.2, -0.15) is 0 Å². The van der Waals surface area contributed by atoms with Gasteiger partial charge in [0.15, 0.2) is 6.61 Å². The number of fused-ring (bicyclic) bond motifs is 2. The summed E-state index contributed by atoms with van der Waals surface area (Å²) in [5, 5.41) is 3.07. The van der Waals surface area contributed by atoms with E-state index in [4.69, 9.17) is 4.74 Å². The molecule has 2 heterocycles. The highest BCUT2D eigenvalue weighted by atomic mass is 16.5. The average Bonchev–Trinajstić information content (AvgIpc) is 2.76. The number of anilines is 1. The number of amides is 2. The summed E-state index contributed by atoms with van der Waals surface area (Å²) in [7, 11) is 0. The van der Waals surface area contributed by atoms with Gasteiger partial charge in [0.25, 0.3) is 5.91 Å². The SMILES string of the molecule is CC(C)(CNC(=O)CCN1C(=O)COc2ccccc21)N1CCc2ccccc2C1. The fourth-order valence-corrected chi connectivity index (χ4v) is 4.14. The molecule has 2 amide bonds. The molecule has 30 heavy (non-hydrogen) atoms. The molecule has 2 aliphatic rings. The Kier molecular flexibility index (Phi) is 5.77. The van der Waals surface area contributed by atoms with E-state index >= 15 is 0 Å². The van der Waals surface area contributed by atoms with Crippen LogP contribution in [0.3, 0.4) is 0 Å². The van der Waals surface area contributed by atoms with Gasteiger partial charge in [0.1, 0.15) is 5.75 Å². The molecule has 0 fully saturated rings. The van der Waals surface area contributed by atoms with E-state index in [1.54, 1.807) is 4.90 Å². The van der Waals surface area contributed by atoms with Gasteiger partial charge in [0.2, 0.25) is 5.91 Å². The van der Waals surface area contributed by atoms with Gasteiger partial charge in [-0.05, 0) is 43.5 Å². The molecule has 6 nitrogen and oxygen atoms in total. The third kappa shape index (κ3) is 4.33. The van der Waals surface area contributed by atoms with Crippen molar-refractivity contribution in [3.63, 3.8) is 0 Å². The maximum absolute atomic E-state index is 12.5. The fourth-order valence-electron chi connectivity index (χ4n) is 4.14. The van der Waals surface area contributed by atoms with Crippen LogP contribution in [0.15, 0.2) is 48.5 Å². The first kappa shape index (κ1) is 20.4. The van der Waals surface area contributed by atoms with E-state index < -0.39 is 0 Å². The summed E-state index contributed by atoms with van der Waals surface area (Å²) in [6.07, 6.45) is 1.30. The lowest BCUT2D eigenvalue weighted by Crippen LogP contribution is -2.53. The highest BCUT2D eigenvalue weighted by Crippen LogP contribution is 2.31. The second kappa shape index (κ2) is 8.48. The van der Waals surface area contributed by atoms with Crippen LogP contribution < -0.4 is 15.0 Å². The van der Waals surface area contributed by atoms with Crippen molar-refractivity contribution in [3.8, 4) is 5.75 Å². The second-order valence-corrected chi connectivity index (χ2v) is 8.58. The zero-order valence-electron chi connectivity index (χ0n) is 17.7. The summed E-state index contributed by atoms with van der Waals surface area (Å²) >= 11 is 0. The predicted molar refractivity (Wildman–Crippen MR) is 117 cm³/mol. The van der Waals surface area contributed by atoms with Crippen LogP contribution in [0.4, 0.5) is 5.69 Å². The molecule has 0 saturated carbocycles. The maximum Gasteiger partial charge on any atom is 0.265 e. The number of para-hydroxylation sites is 2. The van der Waals surface area contributed by atoms with Gasteiger partial charge < -0.3 is 15.0 Å². The van der Waals surface area contributed by atoms with Gasteiger partial charge in [-0.3, -0.25) is 14.5 Å². The number of hydrogen-bond acceptors (Lipinski definition) is 4. The van der Waals surface area contributed by atoms with Crippen LogP contribution in [-0.2, 0) is 22.6 Å². The second-order valence-electron chi connectivity index (χ2n) is 8.58. The summed E-state index contributed by atoms with van der Waals surface area (Å²) in [4.78, 5) is 28.9. The molecule has 0 aromatic heterocycles. The first-order valence-corrected chi connectivity index (χ1v) is 10.5. The zero-order chi connectivity index (χ0) is 21.1. The summed E-state index contributed by atoms with van der Waals surface area (Å²) < 4.78 is 5.46. The molecule has 1 N–H and O–H groups in total. The number of hydrogen-bond donors (Lipinski definition) is 1. The molecule has 0 radical (unpaired) electrons. The summed E-state index contributed by atoms with van der Waals surface area (Å²) in [5.41, 5.74) is 3.37. The molecule has 2 aromatic carbocycles. The first-order chi connectivity index (χ1) is 14.4. The number of carbonyl (C=O) groups excluding carboxylic acids is 2. The standard InChI is InChI=1S/C24H29N3O3/c1-24(2,26-13-11-18-7-3-4-8-19(18)15-26)17-25-22(28)12-14-27-20-9-5-6-10-21(20)30-16-23(27)29/h3-10H,11-17H2,1-2H3,(H,25,28). The molecule has 0 unspecified atom stereocenters. The minimum Gasteiger partial charge on any atom is -0.482 e. The van der Waals surface area contributed by atoms with E-state index in [0.29, 0.717) is 18.8 Å². The molecule has 0 saturated heterocycles. The minimum atomic E-state index is -0.148. The van der Waals surface area contributed by atoms with Crippen LogP contribution in [0.1, 0.15) is 31.4 Å². The molecular weight excluding hydrogens is 378 g/mol. The molecule has 0 bridgehead atoms. The van der Waals surface area contributed by atoms with Crippen molar-refractivity contribution in [1.82, 2.24) is 10.2 Å². The van der Waals surface area contributed by atoms with E-state index in [-0.39, 0.29) is 30.4 Å². The van der Waals surface area contributed by atoms with Crippen LogP contribution in [0.5, 0.6) is 5.75 Å². The molecule has 158 valence electrons. The Morgan fingerprint density at radius 1 is 1.10 bits per heavy atom. The van der Waals surface area contributed by atoms with Crippen molar-refractivity contribution in [1.29, 1.82) is 0 Å². The Balaban J connectivity index is 1.30. The quantitative estimate of drug-likeness (QED) is 0.800. The van der Waals surface area contributed by atoms with Crippen molar-refractivity contribution < 1.29 is 14.3 Å². The largest absolute Gasteiger partial charge is 0.482 e. The Labute approximate surface area is 177 Å². The molecule has 0 aliphatic carbocycles. The van der Waals surface area contributed by atoms with Crippen molar-refractivity contribution in [3.05, 3.63) is 59.7 Å². The minimum absolute atomic E-state index is 0.0160. The highest BCUT2D eigenvalue weighted by Gasteiger charge is 2.30. The smallest absolute Gasteiger partial charge is 0.265 e. The number of nitrogens with zero attached hydrogens (tertiary/aromatic N) is 2. The fraction of sp³-hybridized carbons (Fsp3) is 0.417. The van der Waals surface area contributed by atoms with Gasteiger partial charge in [-0.15, -0.1) is 0 Å².